The Hall–Kier alpha value is -7.92. The quantitative estimate of drug-likeness (QED) is 0.00815. The molecule has 6 atom stereocenters. The number of nitrogens with one attached hydrogen (secondary N) is 3. The van der Waals surface area contributed by atoms with Crippen molar-refractivity contribution in [1.82, 2.24) is 24.6 Å². The molecule has 7 N–H and O–H groups in total. The number of sulfonamides is 2. The van der Waals surface area contributed by atoms with Crippen molar-refractivity contribution in [3.05, 3.63) is 160 Å². The molecule has 2 heterocycles. The molecular weight excluding hydrogens is 1180 g/mol. The fraction of sp³-hybridized carbons (Fsp3) is 0.443. The molecular formula is C61H80N8O17S2. The van der Waals surface area contributed by atoms with Crippen LogP contribution in [0.2, 0.25) is 0 Å². The maximum atomic E-state index is 14.0. The van der Waals surface area contributed by atoms with E-state index in [1.54, 1.807) is 24.3 Å². The number of aryl methyl sites for hydroxylation is 1. The SMILES string of the molecule is CC(C)CN(C[C@@H](OC(=O)NCCN)[C@H](Cc1ccccc1)NC(=O)O[C@H]1CCOC1)S(=O)(=O)c1ccc(N)cc1.Cc1ccc(OC(=O)OC(CN(CC(C)C)S(=O)(=O)c2ccc([N+](=O)[O-])cc2)[C@H](Cc2ccccc2)NC(=O)OC2CCOC2)cc1. The Bertz CT molecular complexity index is 3230. The van der Waals surface area contributed by atoms with Crippen molar-refractivity contribution in [3.63, 3.8) is 0 Å². The first-order valence-electron chi connectivity index (χ1n) is 28.9. The largest absolute Gasteiger partial charge is 0.514 e. The molecule has 25 nitrogen and oxygen atoms in total. The standard InChI is InChI=1S/C33H39N3O10S.C28H41N5O7S/c1-23(2)20-35(47(41,42)29-15-11-26(12-16-29)36(39)40)21-31(46-33(38)45-27-13-9-24(3)10-14-27)30(19-25-7-5-4-6-8-25)34-32(37)44-28-17-18-43-22-28;1-20(2)17-33(41(36,37)24-10-8-22(30)9-11-24)18-26(40-27(34)31-14-13-29)25(16-21-6-4-3-5-7-21)32-28(35)39-23-12-15-38-19-23/h4-16,23,28,30-31H,17-22H2,1-3H3,(H,34,37);3-11,20,23,25-26H,12-19,29-30H2,1-2H3,(H,31,34)(H,32,35)/t28?,30-,31?;23-,25-,26+/m00/s1. The maximum absolute atomic E-state index is 14.0. The normalized spacial score (nSPS) is 16.3. The van der Waals surface area contributed by atoms with E-state index in [9.17, 15) is 46.1 Å². The van der Waals surface area contributed by atoms with Gasteiger partial charge in [-0.3, -0.25) is 10.1 Å². The molecule has 0 spiro atoms. The summed E-state index contributed by atoms with van der Waals surface area (Å²) in [5.74, 6) is -0.0147. The average molecular weight is 1260 g/mol. The number of amides is 3. The van der Waals surface area contributed by atoms with Crippen LogP contribution in [-0.4, -0.2) is 157 Å². The first kappa shape index (κ1) is 69.2. The highest BCUT2D eigenvalue weighted by Gasteiger charge is 2.38. The highest BCUT2D eigenvalue weighted by atomic mass is 32.2. The fourth-order valence-electron chi connectivity index (χ4n) is 9.30. The second-order valence-electron chi connectivity index (χ2n) is 21.9. The van der Waals surface area contributed by atoms with Gasteiger partial charge in [0.2, 0.25) is 20.0 Å². The third-order valence-electron chi connectivity index (χ3n) is 13.7. The van der Waals surface area contributed by atoms with Gasteiger partial charge in [-0.15, -0.1) is 0 Å². The van der Waals surface area contributed by atoms with E-state index < -0.39 is 85.9 Å². The summed E-state index contributed by atoms with van der Waals surface area (Å²) >= 11 is 0. The summed E-state index contributed by atoms with van der Waals surface area (Å²) < 4.78 is 96.7. The zero-order chi connectivity index (χ0) is 63.8. The van der Waals surface area contributed by atoms with Crippen LogP contribution in [0.3, 0.4) is 0 Å². The van der Waals surface area contributed by atoms with E-state index in [0.29, 0.717) is 38.3 Å². The Labute approximate surface area is 513 Å². The van der Waals surface area contributed by atoms with Crippen LogP contribution in [0.15, 0.2) is 143 Å². The molecule has 5 aromatic rings. The molecule has 2 aliphatic rings. The molecule has 2 fully saturated rings. The van der Waals surface area contributed by atoms with Crippen LogP contribution in [0.5, 0.6) is 5.75 Å². The lowest BCUT2D eigenvalue weighted by atomic mass is 10.0. The summed E-state index contributed by atoms with van der Waals surface area (Å²) in [6.07, 6.45) is -5.13. The number of nitrogens with zero attached hydrogens (tertiary/aromatic N) is 3. The predicted molar refractivity (Wildman–Crippen MR) is 326 cm³/mol. The summed E-state index contributed by atoms with van der Waals surface area (Å²) in [6, 6.07) is 33.7. The van der Waals surface area contributed by atoms with Gasteiger partial charge in [0.05, 0.1) is 66.3 Å². The summed E-state index contributed by atoms with van der Waals surface area (Å²) in [6.45, 7) is 10.6. The summed E-state index contributed by atoms with van der Waals surface area (Å²) in [5, 5.41) is 19.4. The molecule has 2 aliphatic heterocycles. The minimum atomic E-state index is -4.27. The molecule has 0 bridgehead atoms. The molecule has 3 amide bonds. The van der Waals surface area contributed by atoms with Gasteiger partial charge in [-0.25, -0.2) is 36.0 Å². The molecule has 2 saturated heterocycles. The van der Waals surface area contributed by atoms with E-state index in [1.165, 1.54) is 28.6 Å². The number of nitrogens with two attached hydrogens (primary N) is 2. The molecule has 2 unspecified atom stereocenters. The molecule has 27 heteroatoms. The van der Waals surface area contributed by atoms with Crippen LogP contribution in [0.1, 0.15) is 57.2 Å². The van der Waals surface area contributed by atoms with Crippen molar-refractivity contribution < 1.29 is 74.1 Å². The predicted octanol–water partition coefficient (Wildman–Crippen LogP) is 7.36. The van der Waals surface area contributed by atoms with Crippen LogP contribution < -0.4 is 32.2 Å². The summed E-state index contributed by atoms with van der Waals surface area (Å²) in [5.41, 5.74) is 14.0. The number of nitro benzene ring substituents is 1. The highest BCUT2D eigenvalue weighted by Crippen LogP contribution is 2.26. The van der Waals surface area contributed by atoms with Crippen molar-refractivity contribution in [1.29, 1.82) is 0 Å². The number of carbonyl (C=O) groups is 4. The van der Waals surface area contributed by atoms with Crippen molar-refractivity contribution in [2.24, 2.45) is 17.6 Å². The van der Waals surface area contributed by atoms with E-state index in [0.717, 1.165) is 45.3 Å². The fourth-order valence-corrected chi connectivity index (χ4v) is 12.5. The zero-order valence-corrected chi connectivity index (χ0v) is 51.6. The number of nitrogen functional groups attached to an aromatic ring is 1. The Morgan fingerprint density at radius 1 is 0.625 bits per heavy atom. The van der Waals surface area contributed by atoms with Gasteiger partial charge in [0, 0.05) is 56.8 Å². The van der Waals surface area contributed by atoms with Gasteiger partial charge in [-0.05, 0) is 91.3 Å². The van der Waals surface area contributed by atoms with E-state index in [2.05, 4.69) is 16.0 Å². The molecule has 0 saturated carbocycles. The van der Waals surface area contributed by atoms with Gasteiger partial charge in [0.1, 0.15) is 30.2 Å². The molecule has 0 aliphatic carbocycles. The maximum Gasteiger partial charge on any atom is 0.514 e. The Morgan fingerprint density at radius 2 is 1.07 bits per heavy atom. The van der Waals surface area contributed by atoms with Crippen LogP contribution in [0, 0.1) is 28.9 Å². The number of rotatable bonds is 28. The zero-order valence-electron chi connectivity index (χ0n) is 50.0. The Kier molecular flexibility index (Phi) is 26.7. The minimum Gasteiger partial charge on any atom is -0.444 e. The second kappa shape index (κ2) is 34.0. The smallest absolute Gasteiger partial charge is 0.444 e. The van der Waals surface area contributed by atoms with Crippen LogP contribution >= 0.6 is 0 Å². The monoisotopic (exact) mass is 1260 g/mol. The summed E-state index contributed by atoms with van der Waals surface area (Å²) in [4.78, 5) is 62.5. The molecule has 478 valence electrons. The average Bonchev–Trinajstić information content (AvgIpc) is 2.84. The van der Waals surface area contributed by atoms with E-state index in [4.69, 9.17) is 44.6 Å². The van der Waals surface area contributed by atoms with Crippen molar-refractivity contribution in [3.8, 4) is 5.75 Å². The molecule has 7 rings (SSSR count). The number of ether oxygens (including phenoxy) is 7. The number of nitro groups is 1. The molecule has 0 radical (unpaired) electrons. The number of carbonyl (C=O) groups excluding carboxylic acids is 4. The number of benzene rings is 5. The van der Waals surface area contributed by atoms with Gasteiger partial charge in [-0.2, -0.15) is 8.61 Å². The highest BCUT2D eigenvalue weighted by molar-refractivity contribution is 7.89. The number of hydrogen-bond donors (Lipinski definition) is 5. The number of anilines is 1. The van der Waals surface area contributed by atoms with Crippen molar-refractivity contribution >= 4 is 55.9 Å². The van der Waals surface area contributed by atoms with Crippen molar-refractivity contribution in [2.75, 3.05) is 71.4 Å². The van der Waals surface area contributed by atoms with E-state index in [1.807, 2.05) is 95.3 Å². The van der Waals surface area contributed by atoms with Crippen LogP contribution in [-0.2, 0) is 61.3 Å². The third-order valence-corrected chi connectivity index (χ3v) is 17.4. The van der Waals surface area contributed by atoms with E-state index >= 15 is 0 Å². The summed E-state index contributed by atoms with van der Waals surface area (Å²) in [7, 11) is -8.30. The van der Waals surface area contributed by atoms with Crippen LogP contribution in [0.25, 0.3) is 0 Å². The minimum absolute atomic E-state index is 0.00804. The van der Waals surface area contributed by atoms with Gasteiger partial charge in [0.25, 0.3) is 5.69 Å². The first-order chi connectivity index (χ1) is 42.0. The lowest BCUT2D eigenvalue weighted by Gasteiger charge is -2.33. The second-order valence-corrected chi connectivity index (χ2v) is 25.8. The lowest BCUT2D eigenvalue weighted by Crippen LogP contribution is -2.54. The molecule has 5 aromatic carbocycles. The topological polar surface area (TPSA) is 339 Å². The van der Waals surface area contributed by atoms with Gasteiger partial charge >= 0.3 is 24.4 Å². The van der Waals surface area contributed by atoms with E-state index in [-0.39, 0.29) is 91.8 Å². The van der Waals surface area contributed by atoms with Gasteiger partial charge < -0.3 is 60.6 Å². The molecule has 0 aromatic heterocycles. The third kappa shape index (κ3) is 22.3. The molecule has 88 heavy (non-hydrogen) atoms. The number of non-ortho nitro benzene ring substituents is 1. The number of alkyl carbamates (subject to hydrolysis) is 3. The van der Waals surface area contributed by atoms with Gasteiger partial charge in [0.15, 0.2) is 0 Å². The number of hydrogen-bond acceptors (Lipinski definition) is 19. The van der Waals surface area contributed by atoms with Crippen LogP contribution in [0.4, 0.5) is 30.6 Å². The van der Waals surface area contributed by atoms with Crippen molar-refractivity contribution in [2.45, 2.75) is 107 Å². The lowest BCUT2D eigenvalue weighted by molar-refractivity contribution is -0.384. The Balaban J connectivity index is 0.000000284. The van der Waals surface area contributed by atoms with Gasteiger partial charge in [-0.1, -0.05) is 106 Å². The first-order valence-corrected chi connectivity index (χ1v) is 31.7. The Morgan fingerprint density at radius 3 is 1.48 bits per heavy atom.